The highest BCUT2D eigenvalue weighted by atomic mass is 16.7. The number of rotatable bonds is 2. The normalized spacial score (nSPS) is 34.0. The summed E-state index contributed by atoms with van der Waals surface area (Å²) in [4.78, 5) is 12.3. The van der Waals surface area contributed by atoms with Crippen LogP contribution in [0.3, 0.4) is 0 Å². The molecule has 0 spiro atoms. The van der Waals surface area contributed by atoms with Crippen molar-refractivity contribution in [1.29, 1.82) is 0 Å². The predicted octanol–water partition coefficient (Wildman–Crippen LogP) is -0.352. The fourth-order valence-corrected chi connectivity index (χ4v) is 3.37. The summed E-state index contributed by atoms with van der Waals surface area (Å²) in [5.41, 5.74) is 5.79. The zero-order valence-electron chi connectivity index (χ0n) is 12.8. The molecule has 128 valence electrons. The maximum absolute atomic E-state index is 10.7. The summed E-state index contributed by atoms with van der Waals surface area (Å²) in [5, 5.41) is 11.4. The van der Waals surface area contributed by atoms with Gasteiger partial charge in [-0.05, 0) is 12.1 Å². The number of para-hydroxylation sites is 2. The first kappa shape index (κ1) is 15.0. The SMILES string of the molecule is COC1OC2COc3ccccc3OC2C2C1N2/C(N)=N/[N+](=O)O. The lowest BCUT2D eigenvalue weighted by atomic mass is 10.1. The lowest BCUT2D eigenvalue weighted by Crippen LogP contribution is -2.50. The molecule has 24 heavy (non-hydrogen) atoms. The van der Waals surface area contributed by atoms with Gasteiger partial charge < -0.3 is 29.6 Å². The summed E-state index contributed by atoms with van der Waals surface area (Å²) >= 11 is 0. The molecule has 2 fully saturated rings. The molecule has 3 N–H and O–H groups in total. The molecule has 2 saturated heterocycles. The van der Waals surface area contributed by atoms with Gasteiger partial charge in [0.25, 0.3) is 5.96 Å². The van der Waals surface area contributed by atoms with Crippen molar-refractivity contribution in [2.75, 3.05) is 13.7 Å². The number of nitrogens with two attached hydrogens (primary N) is 1. The highest BCUT2D eigenvalue weighted by Gasteiger charge is 2.66. The zero-order chi connectivity index (χ0) is 16.8. The van der Waals surface area contributed by atoms with Crippen LogP contribution in [-0.2, 0) is 9.47 Å². The minimum absolute atomic E-state index is 0.129. The Morgan fingerprint density at radius 1 is 1.42 bits per heavy atom. The fourth-order valence-electron chi connectivity index (χ4n) is 3.37. The van der Waals surface area contributed by atoms with Gasteiger partial charge in [0, 0.05) is 7.11 Å². The molecule has 0 aliphatic carbocycles. The van der Waals surface area contributed by atoms with E-state index in [1.54, 1.807) is 4.90 Å². The van der Waals surface area contributed by atoms with E-state index in [4.69, 9.17) is 29.9 Å². The molecule has 0 aromatic heterocycles. The van der Waals surface area contributed by atoms with Gasteiger partial charge in [-0.1, -0.05) is 12.1 Å². The maximum Gasteiger partial charge on any atom is 0.391 e. The van der Waals surface area contributed by atoms with Gasteiger partial charge in [-0.3, -0.25) is 0 Å². The van der Waals surface area contributed by atoms with Gasteiger partial charge >= 0.3 is 5.03 Å². The molecule has 0 amide bonds. The first-order valence-corrected chi connectivity index (χ1v) is 7.45. The van der Waals surface area contributed by atoms with Gasteiger partial charge in [-0.2, -0.15) is 0 Å². The average Bonchev–Trinajstić information content (AvgIpc) is 3.31. The Hall–Kier alpha value is -2.59. The van der Waals surface area contributed by atoms with E-state index in [2.05, 4.69) is 5.10 Å². The minimum atomic E-state index is -0.577. The van der Waals surface area contributed by atoms with E-state index in [0.29, 0.717) is 18.1 Å². The number of hydrogen-bond donors (Lipinski definition) is 2. The van der Waals surface area contributed by atoms with E-state index < -0.39 is 11.3 Å². The molecule has 0 bridgehead atoms. The number of hydrogen-bond acceptors (Lipinski definition) is 5. The molecule has 0 saturated carbocycles. The Morgan fingerprint density at radius 2 is 2.17 bits per heavy atom. The van der Waals surface area contributed by atoms with Gasteiger partial charge in [-0.25, -0.2) is 5.21 Å². The Balaban J connectivity index is 1.64. The largest absolute Gasteiger partial charge is 0.487 e. The average molecular weight is 337 g/mol. The van der Waals surface area contributed by atoms with Gasteiger partial charge in [0.05, 0.1) is 6.04 Å². The maximum atomic E-state index is 10.7. The second-order valence-corrected chi connectivity index (χ2v) is 5.72. The van der Waals surface area contributed by atoms with Crippen molar-refractivity contribution < 1.29 is 29.2 Å². The monoisotopic (exact) mass is 337 g/mol. The Bertz CT molecular complexity index is 698. The molecule has 3 heterocycles. The third-order valence-corrected chi connectivity index (χ3v) is 4.39. The molecule has 5 atom stereocenters. The van der Waals surface area contributed by atoms with Crippen LogP contribution in [0.1, 0.15) is 0 Å². The molecular formula is C14H17N4O6+. The van der Waals surface area contributed by atoms with Crippen molar-refractivity contribution in [3.63, 3.8) is 0 Å². The molecule has 5 unspecified atom stereocenters. The van der Waals surface area contributed by atoms with Crippen LogP contribution in [-0.4, -0.2) is 65.4 Å². The zero-order valence-corrected chi connectivity index (χ0v) is 12.8. The molecule has 10 nitrogen and oxygen atoms in total. The first-order valence-electron chi connectivity index (χ1n) is 7.45. The summed E-state index contributed by atoms with van der Waals surface area (Å²) in [6.45, 7) is 0.295. The van der Waals surface area contributed by atoms with E-state index in [9.17, 15) is 4.91 Å². The number of nitrogens with zero attached hydrogens (tertiary/aromatic N) is 3. The van der Waals surface area contributed by atoms with Gasteiger partial charge in [-0.15, -0.1) is 0 Å². The topological polar surface area (TPSA) is 119 Å². The molecule has 4 rings (SSSR count). The summed E-state index contributed by atoms with van der Waals surface area (Å²) in [6.07, 6.45) is -1.33. The molecule has 1 aromatic carbocycles. The second kappa shape index (κ2) is 5.49. The van der Waals surface area contributed by atoms with Crippen molar-refractivity contribution in [2.24, 2.45) is 10.8 Å². The number of hydrazone groups is 1. The molecule has 10 heteroatoms. The van der Waals surface area contributed by atoms with E-state index in [1.807, 2.05) is 24.3 Å². The number of methoxy groups -OCH3 is 1. The van der Waals surface area contributed by atoms with Gasteiger partial charge in [0.1, 0.15) is 28.8 Å². The van der Waals surface area contributed by atoms with Crippen molar-refractivity contribution in [2.45, 2.75) is 30.6 Å². The third kappa shape index (κ3) is 2.31. The summed E-state index contributed by atoms with van der Waals surface area (Å²) in [5.74, 6) is 1.12. The van der Waals surface area contributed by atoms with Gasteiger partial charge in [0.15, 0.2) is 23.9 Å². The van der Waals surface area contributed by atoms with Crippen LogP contribution < -0.4 is 15.2 Å². The second-order valence-electron chi connectivity index (χ2n) is 5.72. The molecule has 3 aliphatic rings. The summed E-state index contributed by atoms with van der Waals surface area (Å²) < 4.78 is 23.1. The number of ether oxygens (including phenoxy) is 4. The van der Waals surface area contributed by atoms with E-state index in [-0.39, 0.29) is 30.3 Å². The molecule has 3 aliphatic heterocycles. The van der Waals surface area contributed by atoms with Crippen LogP contribution in [0, 0.1) is 4.91 Å². The number of benzene rings is 1. The Morgan fingerprint density at radius 3 is 2.88 bits per heavy atom. The van der Waals surface area contributed by atoms with Crippen molar-refractivity contribution in [3.8, 4) is 11.5 Å². The van der Waals surface area contributed by atoms with Crippen LogP contribution >= 0.6 is 0 Å². The first-order chi connectivity index (χ1) is 11.6. The van der Waals surface area contributed by atoms with E-state index in [0.717, 1.165) is 0 Å². The predicted molar refractivity (Wildman–Crippen MR) is 78.5 cm³/mol. The highest BCUT2D eigenvalue weighted by molar-refractivity contribution is 5.81. The van der Waals surface area contributed by atoms with Crippen LogP contribution in [0.5, 0.6) is 11.5 Å². The lowest BCUT2D eigenvalue weighted by molar-refractivity contribution is -0.796. The third-order valence-electron chi connectivity index (χ3n) is 4.39. The van der Waals surface area contributed by atoms with Crippen molar-refractivity contribution in [3.05, 3.63) is 29.2 Å². The van der Waals surface area contributed by atoms with E-state index in [1.165, 1.54) is 7.11 Å². The quantitative estimate of drug-likeness (QED) is 0.325. The van der Waals surface area contributed by atoms with Crippen molar-refractivity contribution in [1.82, 2.24) is 4.90 Å². The van der Waals surface area contributed by atoms with Crippen LogP contribution in [0.2, 0.25) is 0 Å². The Labute approximate surface area is 136 Å². The van der Waals surface area contributed by atoms with Crippen LogP contribution in [0.4, 0.5) is 0 Å². The number of guanidine groups is 1. The number of fused-ring (bicyclic) bond motifs is 4. The summed E-state index contributed by atoms with van der Waals surface area (Å²) in [7, 11) is 1.52. The highest BCUT2D eigenvalue weighted by Crippen LogP contribution is 2.45. The van der Waals surface area contributed by atoms with Crippen molar-refractivity contribution >= 4 is 5.96 Å². The summed E-state index contributed by atoms with van der Waals surface area (Å²) in [6, 6.07) is 6.88. The molecule has 1 aromatic rings. The van der Waals surface area contributed by atoms with Gasteiger partial charge in [0.2, 0.25) is 0 Å². The fraction of sp³-hybridized carbons (Fsp3) is 0.500. The minimum Gasteiger partial charge on any atom is -0.487 e. The standard InChI is InChI=1S/C14H17N4O6/c1-21-13-11-10(17(11)14(15)16-18(19)20)12-9(24-13)6-22-7-4-2-3-5-8(7)23-12/h2-5,9-13H,6H2,1H3,(H2,15,16)(H,19,20)/q+1. The van der Waals surface area contributed by atoms with E-state index >= 15 is 0 Å². The smallest absolute Gasteiger partial charge is 0.391 e. The molecule has 0 radical (unpaired) electrons. The Kier molecular flexibility index (Phi) is 3.43. The molecular weight excluding hydrogens is 320 g/mol. The lowest BCUT2D eigenvalue weighted by Gasteiger charge is -2.31. The van der Waals surface area contributed by atoms with Crippen LogP contribution in [0.25, 0.3) is 0 Å². The van der Waals surface area contributed by atoms with Crippen LogP contribution in [0.15, 0.2) is 29.4 Å².